The first-order valence-corrected chi connectivity index (χ1v) is 8.77. The van der Waals surface area contributed by atoms with Gasteiger partial charge in [0.25, 0.3) is 0 Å². The van der Waals surface area contributed by atoms with Crippen LogP contribution < -0.4 is 0 Å². The summed E-state index contributed by atoms with van der Waals surface area (Å²) in [5, 5.41) is 9.24. The van der Waals surface area contributed by atoms with Crippen LogP contribution in [0.2, 0.25) is 0 Å². The van der Waals surface area contributed by atoms with E-state index in [1.54, 1.807) is 16.7 Å². The lowest BCUT2D eigenvalue weighted by atomic mass is 10.1. The van der Waals surface area contributed by atoms with Gasteiger partial charge in [-0.2, -0.15) is 0 Å². The van der Waals surface area contributed by atoms with Gasteiger partial charge in [-0.3, -0.25) is 4.79 Å². The fourth-order valence-corrected chi connectivity index (χ4v) is 4.29. The van der Waals surface area contributed by atoms with Gasteiger partial charge in [0.2, 0.25) is 5.91 Å². The fraction of sp³-hybridized carbons (Fsp3) is 0.467. The van der Waals surface area contributed by atoms with Crippen molar-refractivity contribution < 1.29 is 14.7 Å². The largest absolute Gasteiger partial charge is 0.480 e. The molecule has 1 aliphatic rings. The van der Waals surface area contributed by atoms with Crippen LogP contribution in [0.3, 0.4) is 0 Å². The minimum absolute atomic E-state index is 0.0129. The van der Waals surface area contributed by atoms with E-state index in [4.69, 9.17) is 0 Å². The van der Waals surface area contributed by atoms with E-state index in [0.717, 1.165) is 16.5 Å². The molecule has 2 rings (SSSR count). The molecule has 4 nitrogen and oxygen atoms in total. The summed E-state index contributed by atoms with van der Waals surface area (Å²) in [5.41, 5.74) is 1.07. The Morgan fingerprint density at radius 3 is 2.86 bits per heavy atom. The van der Waals surface area contributed by atoms with E-state index in [0.29, 0.717) is 18.6 Å². The summed E-state index contributed by atoms with van der Waals surface area (Å²) < 4.78 is 0.985. The molecule has 6 heteroatoms. The minimum atomic E-state index is -0.908. The second-order valence-corrected chi connectivity index (χ2v) is 7.11. The Morgan fingerprint density at radius 1 is 1.48 bits per heavy atom. The zero-order valence-electron chi connectivity index (χ0n) is 11.8. The number of carboxylic acids is 1. The lowest BCUT2D eigenvalue weighted by Gasteiger charge is -2.26. The number of carbonyl (C=O) groups excluding carboxylic acids is 1. The third-order valence-corrected chi connectivity index (χ3v) is 5.48. The van der Waals surface area contributed by atoms with Crippen LogP contribution in [0, 0.1) is 0 Å². The topological polar surface area (TPSA) is 57.6 Å². The van der Waals surface area contributed by atoms with Crippen LogP contribution in [0.1, 0.15) is 25.3 Å². The number of aliphatic carboxylic acids is 1. The molecule has 0 radical (unpaired) electrons. The van der Waals surface area contributed by atoms with Gasteiger partial charge in [0, 0.05) is 16.6 Å². The predicted molar refractivity (Wildman–Crippen MR) is 87.3 cm³/mol. The van der Waals surface area contributed by atoms with E-state index < -0.39 is 12.0 Å². The zero-order valence-corrected chi connectivity index (χ0v) is 14.2. The molecule has 21 heavy (non-hydrogen) atoms. The number of benzene rings is 1. The summed E-state index contributed by atoms with van der Waals surface area (Å²) in [4.78, 5) is 25.3. The summed E-state index contributed by atoms with van der Waals surface area (Å²) >= 11 is 4.96. The van der Waals surface area contributed by atoms with Crippen LogP contribution in [0.4, 0.5) is 0 Å². The Hall–Kier alpha value is -1.01. The van der Waals surface area contributed by atoms with Gasteiger partial charge in [-0.1, -0.05) is 35.0 Å². The SMILES string of the molecule is CCC1SCC(C(=O)O)N1C(=O)CCc1cccc(Br)c1. The maximum absolute atomic E-state index is 12.4. The molecule has 114 valence electrons. The third-order valence-electron chi connectivity index (χ3n) is 3.53. The second-order valence-electron chi connectivity index (χ2n) is 4.98. The lowest BCUT2D eigenvalue weighted by molar-refractivity contribution is -0.149. The summed E-state index contributed by atoms with van der Waals surface area (Å²) in [6.07, 6.45) is 1.75. The van der Waals surface area contributed by atoms with E-state index >= 15 is 0 Å². The number of rotatable bonds is 5. The number of carboxylic acid groups (broad SMARTS) is 1. The van der Waals surface area contributed by atoms with Crippen molar-refractivity contribution in [2.75, 3.05) is 5.75 Å². The fourth-order valence-electron chi connectivity index (χ4n) is 2.48. The van der Waals surface area contributed by atoms with Gasteiger partial charge in [0.05, 0.1) is 5.37 Å². The van der Waals surface area contributed by atoms with Crippen LogP contribution in [-0.2, 0) is 16.0 Å². The highest BCUT2D eigenvalue weighted by atomic mass is 79.9. The third kappa shape index (κ3) is 4.01. The Balaban J connectivity index is 2.02. The summed E-state index contributed by atoms with van der Waals surface area (Å²) in [6.45, 7) is 1.98. The first-order valence-electron chi connectivity index (χ1n) is 6.93. The van der Waals surface area contributed by atoms with Crippen molar-refractivity contribution in [3.63, 3.8) is 0 Å². The number of hydrogen-bond donors (Lipinski definition) is 1. The van der Waals surface area contributed by atoms with E-state index in [9.17, 15) is 14.7 Å². The highest BCUT2D eigenvalue weighted by molar-refractivity contribution is 9.10. The van der Waals surface area contributed by atoms with Gasteiger partial charge >= 0.3 is 5.97 Å². The summed E-state index contributed by atoms with van der Waals surface area (Å²) in [6, 6.07) is 7.15. The van der Waals surface area contributed by atoms with Gasteiger partial charge in [0.1, 0.15) is 6.04 Å². The molecule has 1 heterocycles. The smallest absolute Gasteiger partial charge is 0.327 e. The molecule has 0 aromatic heterocycles. The Labute approximate surface area is 137 Å². The number of thioether (sulfide) groups is 1. The maximum atomic E-state index is 12.4. The molecule has 1 aromatic rings. The molecule has 0 spiro atoms. The quantitative estimate of drug-likeness (QED) is 0.863. The van der Waals surface area contributed by atoms with Crippen molar-refractivity contribution in [1.29, 1.82) is 0 Å². The molecule has 2 unspecified atom stereocenters. The molecule has 1 aliphatic heterocycles. The Bertz CT molecular complexity index is 537. The number of aryl methyl sites for hydroxylation is 1. The average Bonchev–Trinajstić information content (AvgIpc) is 2.89. The Morgan fingerprint density at radius 2 is 2.24 bits per heavy atom. The minimum Gasteiger partial charge on any atom is -0.480 e. The molecule has 1 fully saturated rings. The number of carbonyl (C=O) groups is 2. The number of nitrogens with zero attached hydrogens (tertiary/aromatic N) is 1. The molecule has 2 atom stereocenters. The highest BCUT2D eigenvalue weighted by Gasteiger charge is 2.40. The average molecular weight is 372 g/mol. The van der Waals surface area contributed by atoms with Crippen molar-refractivity contribution in [3.8, 4) is 0 Å². The summed E-state index contributed by atoms with van der Waals surface area (Å²) in [7, 11) is 0. The van der Waals surface area contributed by atoms with Gasteiger partial charge in [-0.05, 0) is 30.5 Å². The number of halogens is 1. The molecule has 0 aliphatic carbocycles. The molecule has 1 amide bonds. The van der Waals surface area contributed by atoms with Gasteiger partial charge in [0.15, 0.2) is 0 Å². The van der Waals surface area contributed by atoms with E-state index in [-0.39, 0.29) is 11.3 Å². The standard InChI is InChI=1S/C15H18BrNO3S/c1-2-14-17(12(9-21-14)15(19)20)13(18)7-6-10-4-3-5-11(16)8-10/h3-5,8,12,14H,2,6-7,9H2,1H3,(H,19,20). The second kappa shape index (κ2) is 7.31. The van der Waals surface area contributed by atoms with Crippen LogP contribution in [-0.4, -0.2) is 39.1 Å². The maximum Gasteiger partial charge on any atom is 0.327 e. The summed E-state index contributed by atoms with van der Waals surface area (Å²) in [5.74, 6) is -0.496. The van der Waals surface area contributed by atoms with Crippen molar-refractivity contribution in [2.45, 2.75) is 37.6 Å². The first-order chi connectivity index (χ1) is 10.0. The molecule has 0 saturated carbocycles. The predicted octanol–water partition coefficient (Wildman–Crippen LogP) is 3.15. The van der Waals surface area contributed by atoms with Crippen molar-refractivity contribution >= 4 is 39.6 Å². The van der Waals surface area contributed by atoms with Crippen molar-refractivity contribution in [3.05, 3.63) is 34.3 Å². The molecule has 1 saturated heterocycles. The lowest BCUT2D eigenvalue weighted by Crippen LogP contribution is -2.45. The number of amides is 1. The molecular weight excluding hydrogens is 354 g/mol. The molecular formula is C15H18BrNO3S. The van der Waals surface area contributed by atoms with E-state index in [1.165, 1.54) is 0 Å². The van der Waals surface area contributed by atoms with Crippen molar-refractivity contribution in [2.24, 2.45) is 0 Å². The molecule has 1 N–H and O–H groups in total. The number of hydrogen-bond acceptors (Lipinski definition) is 3. The normalized spacial score (nSPS) is 21.5. The van der Waals surface area contributed by atoms with E-state index in [2.05, 4.69) is 15.9 Å². The van der Waals surface area contributed by atoms with Gasteiger partial charge in [-0.25, -0.2) is 4.79 Å². The molecule has 1 aromatic carbocycles. The highest BCUT2D eigenvalue weighted by Crippen LogP contribution is 2.32. The molecule has 0 bridgehead atoms. The van der Waals surface area contributed by atoms with Crippen LogP contribution in [0.15, 0.2) is 28.7 Å². The van der Waals surface area contributed by atoms with Crippen molar-refractivity contribution in [1.82, 2.24) is 4.90 Å². The monoisotopic (exact) mass is 371 g/mol. The first kappa shape index (κ1) is 16.4. The Kier molecular flexibility index (Phi) is 5.70. The zero-order chi connectivity index (χ0) is 15.4. The van der Waals surface area contributed by atoms with E-state index in [1.807, 2.05) is 31.2 Å². The van der Waals surface area contributed by atoms with Crippen LogP contribution in [0.5, 0.6) is 0 Å². The van der Waals surface area contributed by atoms with Crippen LogP contribution in [0.25, 0.3) is 0 Å². The van der Waals surface area contributed by atoms with Gasteiger partial charge < -0.3 is 10.0 Å². The van der Waals surface area contributed by atoms with Gasteiger partial charge in [-0.15, -0.1) is 11.8 Å². The van der Waals surface area contributed by atoms with Crippen LogP contribution >= 0.6 is 27.7 Å².